The SMILES string of the molecule is FC(F)(F)c1cc(-c2cc(-c3ccc(SCl)cc3)no2)ccc1-c1ccccc1. The molecule has 4 aromatic rings. The molecular weight excluding hydrogens is 419 g/mol. The van der Waals surface area contributed by atoms with Gasteiger partial charge in [-0.2, -0.15) is 13.2 Å². The minimum Gasteiger partial charge on any atom is -0.356 e. The van der Waals surface area contributed by atoms with Crippen LogP contribution in [0.1, 0.15) is 5.56 Å². The maximum atomic E-state index is 13.7. The molecular formula is C22H13ClF3NOS. The van der Waals surface area contributed by atoms with Crippen molar-refractivity contribution in [3.8, 4) is 33.7 Å². The summed E-state index contributed by atoms with van der Waals surface area (Å²) in [6.07, 6.45) is -4.50. The molecule has 2 nitrogen and oxygen atoms in total. The molecule has 0 saturated heterocycles. The maximum absolute atomic E-state index is 13.7. The number of halogens is 4. The van der Waals surface area contributed by atoms with E-state index >= 15 is 0 Å². The van der Waals surface area contributed by atoms with Crippen molar-refractivity contribution >= 4 is 21.7 Å². The van der Waals surface area contributed by atoms with E-state index in [0.717, 1.165) is 27.5 Å². The molecule has 29 heavy (non-hydrogen) atoms. The van der Waals surface area contributed by atoms with E-state index < -0.39 is 11.7 Å². The van der Waals surface area contributed by atoms with Gasteiger partial charge in [0, 0.05) is 22.1 Å². The highest BCUT2D eigenvalue weighted by Crippen LogP contribution is 2.40. The molecule has 0 aliphatic carbocycles. The molecule has 0 unspecified atom stereocenters. The van der Waals surface area contributed by atoms with Crippen molar-refractivity contribution in [3.05, 3.63) is 84.4 Å². The first-order valence-corrected chi connectivity index (χ1v) is 10.2. The minimum atomic E-state index is -4.50. The van der Waals surface area contributed by atoms with Gasteiger partial charge in [-0.1, -0.05) is 59.8 Å². The fourth-order valence-electron chi connectivity index (χ4n) is 3.03. The van der Waals surface area contributed by atoms with Crippen LogP contribution in [0.15, 0.2) is 88.3 Å². The molecule has 1 heterocycles. The van der Waals surface area contributed by atoms with Gasteiger partial charge in [-0.3, -0.25) is 0 Å². The topological polar surface area (TPSA) is 26.0 Å². The van der Waals surface area contributed by atoms with Crippen molar-refractivity contribution in [2.75, 3.05) is 0 Å². The van der Waals surface area contributed by atoms with E-state index in [1.807, 2.05) is 24.3 Å². The van der Waals surface area contributed by atoms with Crippen molar-refractivity contribution in [1.29, 1.82) is 0 Å². The van der Waals surface area contributed by atoms with E-state index in [1.165, 1.54) is 6.07 Å². The first-order chi connectivity index (χ1) is 14.0. The molecule has 0 radical (unpaired) electrons. The van der Waals surface area contributed by atoms with Gasteiger partial charge in [0.1, 0.15) is 5.69 Å². The fraction of sp³-hybridized carbons (Fsp3) is 0.0455. The van der Waals surface area contributed by atoms with Gasteiger partial charge >= 0.3 is 6.18 Å². The Bertz CT molecular complexity index is 1130. The van der Waals surface area contributed by atoms with Crippen LogP contribution in [0.3, 0.4) is 0 Å². The van der Waals surface area contributed by atoms with Crippen LogP contribution in [0.4, 0.5) is 13.2 Å². The van der Waals surface area contributed by atoms with Crippen LogP contribution >= 0.6 is 21.7 Å². The average molecular weight is 432 g/mol. The monoisotopic (exact) mass is 431 g/mol. The van der Waals surface area contributed by atoms with E-state index in [4.69, 9.17) is 15.2 Å². The number of nitrogens with zero attached hydrogens (tertiary/aromatic N) is 1. The second-order valence-corrected chi connectivity index (χ2v) is 7.39. The summed E-state index contributed by atoms with van der Waals surface area (Å²) in [6.45, 7) is 0. The Morgan fingerprint density at radius 3 is 2.14 bits per heavy atom. The van der Waals surface area contributed by atoms with E-state index in [1.54, 1.807) is 42.5 Å². The van der Waals surface area contributed by atoms with E-state index in [-0.39, 0.29) is 11.3 Å². The Hall–Kier alpha value is -2.70. The van der Waals surface area contributed by atoms with Gasteiger partial charge in [-0.25, -0.2) is 0 Å². The Labute approximate surface area is 173 Å². The van der Waals surface area contributed by atoms with Gasteiger partial charge in [0.25, 0.3) is 0 Å². The maximum Gasteiger partial charge on any atom is 0.417 e. The lowest BCUT2D eigenvalue weighted by molar-refractivity contribution is -0.137. The zero-order valence-electron chi connectivity index (χ0n) is 14.8. The molecule has 0 saturated carbocycles. The molecule has 146 valence electrons. The van der Waals surface area contributed by atoms with Gasteiger partial charge in [0.15, 0.2) is 5.76 Å². The quantitative estimate of drug-likeness (QED) is 0.328. The molecule has 0 atom stereocenters. The van der Waals surface area contributed by atoms with Gasteiger partial charge in [-0.15, -0.1) is 0 Å². The molecule has 0 N–H and O–H groups in total. The number of benzene rings is 3. The molecule has 0 spiro atoms. The number of alkyl halides is 3. The molecule has 3 aromatic carbocycles. The highest BCUT2D eigenvalue weighted by atomic mass is 35.7. The summed E-state index contributed by atoms with van der Waals surface area (Å²) < 4.78 is 46.5. The summed E-state index contributed by atoms with van der Waals surface area (Å²) in [5.41, 5.74) is 1.53. The van der Waals surface area contributed by atoms with E-state index in [2.05, 4.69) is 5.16 Å². The van der Waals surface area contributed by atoms with Crippen LogP contribution in [0.25, 0.3) is 33.7 Å². The fourth-order valence-corrected chi connectivity index (χ4v) is 3.57. The third-order valence-corrected chi connectivity index (χ3v) is 5.43. The minimum absolute atomic E-state index is 0.121. The highest BCUT2D eigenvalue weighted by molar-refractivity contribution is 8.21. The van der Waals surface area contributed by atoms with Crippen LogP contribution in [0.2, 0.25) is 0 Å². The number of rotatable bonds is 4. The van der Waals surface area contributed by atoms with Crippen LogP contribution in [-0.2, 0) is 6.18 Å². The number of hydrogen-bond donors (Lipinski definition) is 0. The molecule has 0 bridgehead atoms. The summed E-state index contributed by atoms with van der Waals surface area (Å²) >= 11 is 0. The predicted octanol–water partition coefficient (Wildman–Crippen LogP) is 7.94. The Morgan fingerprint density at radius 1 is 0.793 bits per heavy atom. The van der Waals surface area contributed by atoms with Crippen molar-refractivity contribution in [2.24, 2.45) is 0 Å². The van der Waals surface area contributed by atoms with Gasteiger partial charge in [0.05, 0.1) is 5.56 Å². The average Bonchev–Trinajstić information content (AvgIpc) is 3.24. The summed E-state index contributed by atoms with van der Waals surface area (Å²) in [6, 6.07) is 21.6. The van der Waals surface area contributed by atoms with Crippen molar-refractivity contribution in [2.45, 2.75) is 11.1 Å². The summed E-state index contributed by atoms with van der Waals surface area (Å²) in [5, 5.41) is 3.99. The van der Waals surface area contributed by atoms with Crippen molar-refractivity contribution in [3.63, 3.8) is 0 Å². The van der Waals surface area contributed by atoms with Crippen LogP contribution in [-0.4, -0.2) is 5.16 Å². The molecule has 0 aliphatic rings. The number of hydrogen-bond acceptors (Lipinski definition) is 3. The van der Waals surface area contributed by atoms with Crippen molar-refractivity contribution < 1.29 is 17.7 Å². The van der Waals surface area contributed by atoms with E-state index in [9.17, 15) is 13.2 Å². The van der Waals surface area contributed by atoms with Gasteiger partial charge < -0.3 is 4.52 Å². The van der Waals surface area contributed by atoms with Crippen LogP contribution in [0.5, 0.6) is 0 Å². The van der Waals surface area contributed by atoms with E-state index in [0.29, 0.717) is 16.8 Å². The predicted molar refractivity (Wildman–Crippen MR) is 110 cm³/mol. The smallest absolute Gasteiger partial charge is 0.356 e. The highest BCUT2D eigenvalue weighted by Gasteiger charge is 2.34. The van der Waals surface area contributed by atoms with Gasteiger partial charge in [-0.05, 0) is 51.0 Å². The first kappa shape index (κ1) is 19.6. The summed E-state index contributed by atoms with van der Waals surface area (Å²) in [5.74, 6) is 0.265. The van der Waals surface area contributed by atoms with Crippen LogP contribution < -0.4 is 0 Å². The molecule has 0 aliphatic heterocycles. The lowest BCUT2D eigenvalue weighted by Crippen LogP contribution is -2.07. The second kappa shape index (κ2) is 7.97. The lowest BCUT2D eigenvalue weighted by atomic mass is 9.96. The number of aromatic nitrogens is 1. The third kappa shape index (κ3) is 4.18. The molecule has 1 aromatic heterocycles. The second-order valence-electron chi connectivity index (χ2n) is 6.30. The summed E-state index contributed by atoms with van der Waals surface area (Å²) in [4.78, 5) is 0.880. The standard InChI is InChI=1S/C22H13ClF3NOS/c23-29-17-9-6-15(7-10-17)20-13-21(28-27-20)16-8-11-18(14-4-2-1-3-5-14)19(12-16)22(24,25)26/h1-13H. The zero-order valence-corrected chi connectivity index (χ0v) is 16.4. The molecule has 4 rings (SSSR count). The summed E-state index contributed by atoms with van der Waals surface area (Å²) in [7, 11) is 6.81. The lowest BCUT2D eigenvalue weighted by Gasteiger charge is -2.14. The normalized spacial score (nSPS) is 11.6. The van der Waals surface area contributed by atoms with Crippen molar-refractivity contribution in [1.82, 2.24) is 5.16 Å². The molecule has 7 heteroatoms. The molecule has 0 fully saturated rings. The first-order valence-electron chi connectivity index (χ1n) is 8.58. The third-order valence-electron chi connectivity index (χ3n) is 4.44. The van der Waals surface area contributed by atoms with Crippen LogP contribution in [0, 0.1) is 0 Å². The largest absolute Gasteiger partial charge is 0.417 e. The van der Waals surface area contributed by atoms with Gasteiger partial charge in [0.2, 0.25) is 0 Å². The molecule has 0 amide bonds. The zero-order chi connectivity index (χ0) is 20.4. The Balaban J connectivity index is 1.73. The Morgan fingerprint density at radius 2 is 1.48 bits per heavy atom. The Kier molecular flexibility index (Phi) is 5.39.